The van der Waals surface area contributed by atoms with Crippen LogP contribution < -0.4 is 4.72 Å². The van der Waals surface area contributed by atoms with Crippen LogP contribution in [0.1, 0.15) is 12.5 Å². The number of halogens is 1. The first kappa shape index (κ1) is 16.2. The van der Waals surface area contributed by atoms with Crippen LogP contribution in [-0.4, -0.2) is 28.2 Å². The average molecular weight is 304 g/mol. The number of ether oxygens (including phenoxy) is 1. The topological polar surface area (TPSA) is 55.4 Å². The summed E-state index contributed by atoms with van der Waals surface area (Å²) in [6.45, 7) is 8.20. The fraction of sp³-hybridized carbons (Fsp3) is 0.385. The molecule has 0 aliphatic carbocycles. The van der Waals surface area contributed by atoms with Gasteiger partial charge in [0.25, 0.3) is 0 Å². The Morgan fingerprint density at radius 3 is 2.74 bits per heavy atom. The minimum absolute atomic E-state index is 0.220. The first-order chi connectivity index (χ1) is 8.83. The van der Waals surface area contributed by atoms with Crippen molar-refractivity contribution in [1.82, 2.24) is 4.72 Å². The van der Waals surface area contributed by atoms with E-state index < -0.39 is 10.0 Å². The van der Waals surface area contributed by atoms with Gasteiger partial charge in [-0.05, 0) is 37.6 Å². The highest BCUT2D eigenvalue weighted by Crippen LogP contribution is 2.19. The summed E-state index contributed by atoms with van der Waals surface area (Å²) in [5, 5.41) is 0.515. The molecule has 0 atom stereocenters. The third kappa shape index (κ3) is 5.32. The van der Waals surface area contributed by atoms with Crippen LogP contribution in [0.4, 0.5) is 0 Å². The first-order valence-corrected chi connectivity index (χ1v) is 7.67. The van der Waals surface area contributed by atoms with E-state index in [4.69, 9.17) is 16.3 Å². The molecule has 4 nitrogen and oxygen atoms in total. The van der Waals surface area contributed by atoms with Gasteiger partial charge in [-0.2, -0.15) is 0 Å². The third-order valence-electron chi connectivity index (χ3n) is 2.31. The number of nitrogens with one attached hydrogen (secondary N) is 1. The van der Waals surface area contributed by atoms with E-state index in [1.807, 2.05) is 6.92 Å². The number of rotatable bonds is 7. The Kier molecular flexibility index (Phi) is 6.00. The van der Waals surface area contributed by atoms with Gasteiger partial charge >= 0.3 is 0 Å². The summed E-state index contributed by atoms with van der Waals surface area (Å²) in [6.07, 6.45) is 0. The van der Waals surface area contributed by atoms with Crippen LogP contribution >= 0.6 is 11.6 Å². The van der Waals surface area contributed by atoms with Gasteiger partial charge in [0.15, 0.2) is 0 Å². The molecule has 1 rings (SSSR count). The molecule has 0 saturated carbocycles. The van der Waals surface area contributed by atoms with Crippen molar-refractivity contribution in [3.8, 4) is 0 Å². The van der Waals surface area contributed by atoms with Crippen molar-refractivity contribution in [2.45, 2.75) is 18.7 Å². The van der Waals surface area contributed by atoms with Crippen LogP contribution in [0.2, 0.25) is 5.02 Å². The van der Waals surface area contributed by atoms with E-state index in [1.54, 1.807) is 19.1 Å². The average Bonchev–Trinajstić information content (AvgIpc) is 2.27. The molecule has 0 unspecified atom stereocenters. The van der Waals surface area contributed by atoms with Crippen molar-refractivity contribution < 1.29 is 13.2 Å². The lowest BCUT2D eigenvalue weighted by Crippen LogP contribution is -2.28. The fourth-order valence-corrected chi connectivity index (χ4v) is 2.95. The van der Waals surface area contributed by atoms with Crippen LogP contribution in [0.25, 0.3) is 0 Å². The molecule has 0 aromatic heterocycles. The smallest absolute Gasteiger partial charge is 0.240 e. The molecule has 0 saturated heterocycles. The zero-order valence-electron chi connectivity index (χ0n) is 11.1. The van der Waals surface area contributed by atoms with Crippen molar-refractivity contribution in [2.24, 2.45) is 0 Å². The molecule has 1 aromatic rings. The number of hydrogen-bond donors (Lipinski definition) is 1. The second-order valence-corrected chi connectivity index (χ2v) is 6.49. The Labute approximate surface area is 119 Å². The van der Waals surface area contributed by atoms with Crippen molar-refractivity contribution in [1.29, 1.82) is 0 Å². The van der Waals surface area contributed by atoms with Gasteiger partial charge in [0.2, 0.25) is 10.0 Å². The monoisotopic (exact) mass is 303 g/mol. The van der Waals surface area contributed by atoms with E-state index in [0.29, 0.717) is 23.8 Å². The molecule has 0 radical (unpaired) electrons. The molecule has 19 heavy (non-hydrogen) atoms. The quantitative estimate of drug-likeness (QED) is 0.622. The maximum atomic E-state index is 12.0. The summed E-state index contributed by atoms with van der Waals surface area (Å²) in [5.74, 6) is 0. The SMILES string of the molecule is C=C(C)COCCNS(=O)(=O)c1ccc(Cl)cc1C. The lowest BCUT2D eigenvalue weighted by atomic mass is 10.2. The van der Waals surface area contributed by atoms with E-state index in [1.165, 1.54) is 6.07 Å². The summed E-state index contributed by atoms with van der Waals surface area (Å²) in [5.41, 5.74) is 1.51. The number of aryl methyl sites for hydroxylation is 1. The second kappa shape index (κ2) is 7.05. The number of benzene rings is 1. The molecular weight excluding hydrogens is 286 g/mol. The van der Waals surface area contributed by atoms with Gasteiger partial charge < -0.3 is 4.74 Å². The number of hydrogen-bond acceptors (Lipinski definition) is 3. The molecule has 6 heteroatoms. The highest BCUT2D eigenvalue weighted by atomic mass is 35.5. The molecule has 0 heterocycles. The molecule has 0 aliphatic rings. The molecule has 0 amide bonds. The molecule has 0 spiro atoms. The van der Waals surface area contributed by atoms with E-state index >= 15 is 0 Å². The second-order valence-electron chi connectivity index (χ2n) is 4.32. The summed E-state index contributed by atoms with van der Waals surface area (Å²) < 4.78 is 31.8. The van der Waals surface area contributed by atoms with Crippen LogP contribution in [0.15, 0.2) is 35.2 Å². The molecule has 106 valence electrons. The van der Waals surface area contributed by atoms with Gasteiger partial charge in [0.1, 0.15) is 0 Å². The molecule has 1 N–H and O–H groups in total. The van der Waals surface area contributed by atoms with Crippen LogP contribution in [0, 0.1) is 6.92 Å². The largest absolute Gasteiger partial charge is 0.376 e. The van der Waals surface area contributed by atoms with Gasteiger partial charge in [-0.15, -0.1) is 0 Å². The lowest BCUT2D eigenvalue weighted by Gasteiger charge is -2.10. The number of sulfonamides is 1. The first-order valence-electron chi connectivity index (χ1n) is 5.81. The molecule has 0 aliphatic heterocycles. The van der Waals surface area contributed by atoms with Gasteiger partial charge in [-0.3, -0.25) is 0 Å². The predicted molar refractivity (Wildman–Crippen MR) is 77.0 cm³/mol. The lowest BCUT2D eigenvalue weighted by molar-refractivity contribution is 0.162. The highest BCUT2D eigenvalue weighted by Gasteiger charge is 2.15. The van der Waals surface area contributed by atoms with E-state index in [9.17, 15) is 8.42 Å². The van der Waals surface area contributed by atoms with Crippen molar-refractivity contribution in [3.63, 3.8) is 0 Å². The molecule has 1 aromatic carbocycles. The Morgan fingerprint density at radius 2 is 2.16 bits per heavy atom. The predicted octanol–water partition coefficient (Wildman–Crippen LogP) is 2.52. The van der Waals surface area contributed by atoms with E-state index in [0.717, 1.165) is 5.57 Å². The Balaban J connectivity index is 2.59. The van der Waals surface area contributed by atoms with E-state index in [-0.39, 0.29) is 11.4 Å². The Morgan fingerprint density at radius 1 is 1.47 bits per heavy atom. The fourth-order valence-electron chi connectivity index (χ4n) is 1.49. The van der Waals surface area contributed by atoms with Gasteiger partial charge in [0.05, 0.1) is 18.1 Å². The van der Waals surface area contributed by atoms with Crippen LogP contribution in [0.3, 0.4) is 0 Å². The summed E-state index contributed by atoms with van der Waals surface area (Å²) in [7, 11) is -3.52. The molecule has 0 bridgehead atoms. The maximum absolute atomic E-state index is 12.0. The third-order valence-corrected chi connectivity index (χ3v) is 4.17. The molecule has 0 fully saturated rings. The zero-order valence-corrected chi connectivity index (χ0v) is 12.6. The van der Waals surface area contributed by atoms with Crippen LogP contribution in [0.5, 0.6) is 0 Å². The summed E-state index contributed by atoms with van der Waals surface area (Å²) in [4.78, 5) is 0.233. The van der Waals surface area contributed by atoms with Crippen LogP contribution in [-0.2, 0) is 14.8 Å². The standard InChI is InChI=1S/C13H18ClNO3S/c1-10(2)9-18-7-6-15-19(16,17)13-5-4-12(14)8-11(13)3/h4-5,8,15H,1,6-7,9H2,2-3H3. The van der Waals surface area contributed by atoms with Crippen molar-refractivity contribution in [2.75, 3.05) is 19.8 Å². The summed E-state index contributed by atoms with van der Waals surface area (Å²) >= 11 is 5.80. The van der Waals surface area contributed by atoms with Crippen molar-refractivity contribution in [3.05, 3.63) is 40.9 Å². The van der Waals surface area contributed by atoms with E-state index in [2.05, 4.69) is 11.3 Å². The maximum Gasteiger partial charge on any atom is 0.240 e. The minimum atomic E-state index is -3.52. The van der Waals surface area contributed by atoms with Crippen molar-refractivity contribution >= 4 is 21.6 Å². The highest BCUT2D eigenvalue weighted by molar-refractivity contribution is 7.89. The zero-order chi connectivity index (χ0) is 14.5. The molecular formula is C13H18ClNO3S. The summed E-state index contributed by atoms with van der Waals surface area (Å²) in [6, 6.07) is 4.67. The minimum Gasteiger partial charge on any atom is -0.376 e. The van der Waals surface area contributed by atoms with Gasteiger partial charge in [0, 0.05) is 11.6 Å². The Hall–Kier alpha value is -0.880. The van der Waals surface area contributed by atoms with Gasteiger partial charge in [-0.25, -0.2) is 13.1 Å². The van der Waals surface area contributed by atoms with Gasteiger partial charge in [-0.1, -0.05) is 23.8 Å². The normalized spacial score (nSPS) is 11.5. The Bertz CT molecular complexity index is 555.